The van der Waals surface area contributed by atoms with Crippen LogP contribution < -0.4 is 0 Å². The van der Waals surface area contributed by atoms with Gasteiger partial charge in [0.15, 0.2) is 0 Å². The van der Waals surface area contributed by atoms with Crippen LogP contribution in [0.25, 0.3) is 11.6 Å². The molecule has 0 N–H and O–H groups in total. The van der Waals surface area contributed by atoms with Crippen molar-refractivity contribution in [3.63, 3.8) is 0 Å². The van der Waals surface area contributed by atoms with Gasteiger partial charge in [-0.1, -0.05) is 38.7 Å². The molecular formula is C28H29F4N. The molecule has 1 saturated carbocycles. The summed E-state index contributed by atoms with van der Waals surface area (Å²) in [6, 6.07) is 5.49. The normalized spacial score (nSPS) is 20.2. The van der Waals surface area contributed by atoms with Crippen LogP contribution >= 0.6 is 0 Å². The van der Waals surface area contributed by atoms with Gasteiger partial charge >= 0.3 is 0 Å². The van der Waals surface area contributed by atoms with E-state index in [-0.39, 0.29) is 35.4 Å². The Kier molecular flexibility index (Phi) is 7.22. The van der Waals surface area contributed by atoms with E-state index in [1.54, 1.807) is 0 Å². The second kappa shape index (κ2) is 10.1. The monoisotopic (exact) mass is 455 g/mol. The maximum Gasteiger partial charge on any atom is 0.147 e. The predicted molar refractivity (Wildman–Crippen MR) is 122 cm³/mol. The SMILES string of the molecule is CCCCCC1CCC(c2cc(F)c(C3=Cc4cc(F)c(C#N)c(F)c4CC3)c(F)c2)CC1. The van der Waals surface area contributed by atoms with Crippen LogP contribution in [0.1, 0.15) is 98.4 Å². The number of rotatable bonds is 6. The molecular weight excluding hydrogens is 426 g/mol. The van der Waals surface area contributed by atoms with Crippen molar-refractivity contribution in [3.05, 3.63) is 69.3 Å². The topological polar surface area (TPSA) is 23.8 Å². The molecule has 0 aromatic heterocycles. The van der Waals surface area contributed by atoms with Gasteiger partial charge in [0, 0.05) is 5.56 Å². The van der Waals surface area contributed by atoms with Crippen LogP contribution in [-0.2, 0) is 6.42 Å². The second-order valence-corrected chi connectivity index (χ2v) is 9.47. The lowest BCUT2D eigenvalue weighted by atomic mass is 9.76. The molecule has 0 radical (unpaired) electrons. The van der Waals surface area contributed by atoms with Gasteiger partial charge in [0.25, 0.3) is 0 Å². The predicted octanol–water partition coefficient (Wildman–Crippen LogP) is 8.46. The van der Waals surface area contributed by atoms with Crippen LogP contribution in [0, 0.1) is 40.5 Å². The molecule has 0 spiro atoms. The summed E-state index contributed by atoms with van der Waals surface area (Å²) in [7, 11) is 0. The third-order valence-corrected chi connectivity index (χ3v) is 7.36. The first-order chi connectivity index (χ1) is 15.9. The Hall–Kier alpha value is -2.61. The Labute approximate surface area is 193 Å². The summed E-state index contributed by atoms with van der Waals surface area (Å²) in [6.45, 7) is 2.20. The van der Waals surface area contributed by atoms with Gasteiger partial charge in [-0.05, 0) is 90.8 Å². The minimum atomic E-state index is -0.965. The first kappa shape index (κ1) is 23.5. The molecule has 0 unspecified atom stereocenters. The van der Waals surface area contributed by atoms with Crippen LogP contribution in [0.15, 0.2) is 18.2 Å². The summed E-state index contributed by atoms with van der Waals surface area (Å²) in [5.74, 6) is -2.22. The van der Waals surface area contributed by atoms with Crippen molar-refractivity contribution in [2.24, 2.45) is 5.92 Å². The van der Waals surface area contributed by atoms with E-state index in [1.807, 2.05) is 0 Å². The lowest BCUT2D eigenvalue weighted by Gasteiger charge is -2.29. The van der Waals surface area contributed by atoms with Crippen molar-refractivity contribution in [2.45, 2.75) is 77.0 Å². The van der Waals surface area contributed by atoms with Gasteiger partial charge in [-0.3, -0.25) is 0 Å². The zero-order valence-electron chi connectivity index (χ0n) is 19.0. The summed E-state index contributed by atoms with van der Waals surface area (Å²) < 4.78 is 58.7. The molecule has 0 atom stereocenters. The van der Waals surface area contributed by atoms with Gasteiger partial charge in [0.1, 0.15) is 34.9 Å². The van der Waals surface area contributed by atoms with Crippen molar-refractivity contribution in [2.75, 3.05) is 0 Å². The number of nitriles is 1. The Morgan fingerprint density at radius 1 is 0.909 bits per heavy atom. The number of halogens is 4. The summed E-state index contributed by atoms with van der Waals surface area (Å²) in [4.78, 5) is 0. The fourth-order valence-electron chi connectivity index (χ4n) is 5.48. The minimum absolute atomic E-state index is 0.122. The molecule has 33 heavy (non-hydrogen) atoms. The summed E-state index contributed by atoms with van der Waals surface area (Å²) in [6.07, 6.45) is 10.9. The maximum absolute atomic E-state index is 15.1. The molecule has 0 saturated heterocycles. The number of hydrogen-bond donors (Lipinski definition) is 0. The fraction of sp³-hybridized carbons (Fsp3) is 0.464. The molecule has 5 heteroatoms. The Morgan fingerprint density at radius 2 is 1.61 bits per heavy atom. The zero-order chi connectivity index (χ0) is 23.5. The van der Waals surface area contributed by atoms with E-state index in [9.17, 15) is 8.78 Å². The second-order valence-electron chi connectivity index (χ2n) is 9.47. The number of hydrogen-bond acceptors (Lipinski definition) is 1. The Bertz CT molecular complexity index is 1080. The van der Waals surface area contributed by atoms with Crippen molar-refractivity contribution >= 4 is 11.6 Å². The smallest absolute Gasteiger partial charge is 0.147 e. The lowest BCUT2D eigenvalue weighted by Crippen LogP contribution is -2.14. The number of unbranched alkanes of at least 4 members (excludes halogenated alkanes) is 2. The molecule has 1 fully saturated rings. The Balaban J connectivity index is 1.54. The van der Waals surface area contributed by atoms with Crippen LogP contribution in [0.5, 0.6) is 0 Å². The van der Waals surface area contributed by atoms with Crippen LogP contribution in [0.3, 0.4) is 0 Å². The third-order valence-electron chi connectivity index (χ3n) is 7.36. The van der Waals surface area contributed by atoms with E-state index < -0.39 is 28.8 Å². The summed E-state index contributed by atoms with van der Waals surface area (Å²) in [5, 5.41) is 8.96. The largest absolute Gasteiger partial charge is 0.206 e. The molecule has 174 valence electrons. The Morgan fingerprint density at radius 3 is 2.24 bits per heavy atom. The van der Waals surface area contributed by atoms with Crippen molar-refractivity contribution in [3.8, 4) is 6.07 Å². The molecule has 0 heterocycles. The molecule has 2 aromatic carbocycles. The van der Waals surface area contributed by atoms with E-state index in [0.29, 0.717) is 11.1 Å². The van der Waals surface area contributed by atoms with Crippen LogP contribution in [0.2, 0.25) is 0 Å². The number of fused-ring (bicyclic) bond motifs is 1. The van der Waals surface area contributed by atoms with E-state index in [4.69, 9.17) is 5.26 Å². The highest BCUT2D eigenvalue weighted by atomic mass is 19.1. The molecule has 2 aliphatic carbocycles. The van der Waals surface area contributed by atoms with E-state index in [2.05, 4.69) is 6.92 Å². The highest BCUT2D eigenvalue weighted by Crippen LogP contribution is 2.40. The molecule has 4 rings (SSSR count). The minimum Gasteiger partial charge on any atom is -0.206 e. The van der Waals surface area contributed by atoms with E-state index in [0.717, 1.165) is 37.7 Å². The van der Waals surface area contributed by atoms with Gasteiger partial charge in [-0.25, -0.2) is 17.6 Å². The third kappa shape index (κ3) is 4.86. The molecule has 1 nitrogen and oxygen atoms in total. The number of nitrogens with zero attached hydrogens (tertiary/aromatic N) is 1. The summed E-state index contributed by atoms with van der Waals surface area (Å²) in [5.41, 5.74) is 0.787. The average Bonchev–Trinajstić information content (AvgIpc) is 2.79. The maximum atomic E-state index is 15.1. The molecule has 0 aliphatic heterocycles. The van der Waals surface area contributed by atoms with Crippen molar-refractivity contribution < 1.29 is 17.6 Å². The van der Waals surface area contributed by atoms with Crippen LogP contribution in [0.4, 0.5) is 17.6 Å². The molecule has 2 aliphatic rings. The molecule has 2 aromatic rings. The van der Waals surface area contributed by atoms with Gasteiger partial charge in [-0.2, -0.15) is 5.26 Å². The highest BCUT2D eigenvalue weighted by molar-refractivity contribution is 5.85. The average molecular weight is 456 g/mol. The number of benzene rings is 2. The van der Waals surface area contributed by atoms with Crippen molar-refractivity contribution in [1.82, 2.24) is 0 Å². The van der Waals surface area contributed by atoms with Gasteiger partial charge in [0.2, 0.25) is 0 Å². The first-order valence-corrected chi connectivity index (χ1v) is 12.0. The van der Waals surface area contributed by atoms with Crippen molar-refractivity contribution in [1.29, 1.82) is 5.26 Å². The standard InChI is InChI=1S/C28H29F4N/c1-2-3-4-5-17-6-8-18(9-7-17)20-13-25(30)27(26(31)14-20)19-10-11-22-21(12-19)15-24(29)23(16-33)28(22)32/h12-15,17-18H,2-11H2,1H3. The lowest BCUT2D eigenvalue weighted by molar-refractivity contribution is 0.302. The fourth-order valence-corrected chi connectivity index (χ4v) is 5.48. The molecule has 0 bridgehead atoms. The number of allylic oxidation sites excluding steroid dienone is 1. The van der Waals surface area contributed by atoms with E-state index >= 15 is 8.78 Å². The summed E-state index contributed by atoms with van der Waals surface area (Å²) >= 11 is 0. The highest BCUT2D eigenvalue weighted by Gasteiger charge is 2.27. The quantitative estimate of drug-likeness (QED) is 0.317. The van der Waals surface area contributed by atoms with Crippen LogP contribution in [-0.4, -0.2) is 0 Å². The first-order valence-electron chi connectivity index (χ1n) is 12.0. The van der Waals surface area contributed by atoms with E-state index in [1.165, 1.54) is 50.0 Å². The van der Waals surface area contributed by atoms with Gasteiger partial charge < -0.3 is 0 Å². The molecule has 0 amide bonds. The van der Waals surface area contributed by atoms with Gasteiger partial charge in [0.05, 0.1) is 0 Å². The zero-order valence-corrected chi connectivity index (χ0v) is 19.0. The van der Waals surface area contributed by atoms with Gasteiger partial charge in [-0.15, -0.1) is 0 Å².